The molecule has 0 aliphatic carbocycles. The molecule has 0 aliphatic heterocycles. The number of anilines is 2. The highest BCUT2D eigenvalue weighted by Gasteiger charge is 2.13. The quantitative estimate of drug-likeness (QED) is 0.799. The number of benzene rings is 1. The van der Waals surface area contributed by atoms with Crippen LogP contribution in [0.3, 0.4) is 0 Å². The molecule has 2 amide bonds. The van der Waals surface area contributed by atoms with Crippen molar-refractivity contribution in [1.82, 2.24) is 9.97 Å². The molecule has 7 nitrogen and oxygen atoms in total. The second-order valence-corrected chi connectivity index (χ2v) is 4.56. The predicted octanol–water partition coefficient (Wildman–Crippen LogP) is 2.58. The van der Waals surface area contributed by atoms with Gasteiger partial charge in [0.25, 0.3) is 0 Å². The molecule has 0 aliphatic rings. The van der Waals surface area contributed by atoms with Crippen molar-refractivity contribution in [3.05, 3.63) is 46.7 Å². The smallest absolute Gasteiger partial charge is 0.337 e. The minimum absolute atomic E-state index is 0.0164. The number of aromatic nitrogens is 2. The van der Waals surface area contributed by atoms with Crippen LogP contribution in [-0.4, -0.2) is 27.1 Å². The Balaban J connectivity index is 2.15. The second kappa shape index (κ2) is 6.11. The van der Waals surface area contributed by atoms with E-state index in [4.69, 9.17) is 5.11 Å². The van der Waals surface area contributed by atoms with Crippen LogP contribution in [0.4, 0.5) is 16.4 Å². The van der Waals surface area contributed by atoms with Crippen LogP contribution in [0.15, 0.2) is 41.1 Å². The molecule has 2 aromatic rings. The lowest BCUT2D eigenvalue weighted by Gasteiger charge is -2.09. The van der Waals surface area contributed by atoms with E-state index in [1.54, 1.807) is 12.1 Å². The highest BCUT2D eigenvalue weighted by molar-refractivity contribution is 9.10. The van der Waals surface area contributed by atoms with Gasteiger partial charge in [-0.25, -0.2) is 19.6 Å². The van der Waals surface area contributed by atoms with E-state index in [1.165, 1.54) is 24.5 Å². The Morgan fingerprint density at radius 2 is 1.85 bits per heavy atom. The van der Waals surface area contributed by atoms with Gasteiger partial charge in [0, 0.05) is 16.9 Å². The van der Waals surface area contributed by atoms with Gasteiger partial charge in [0.15, 0.2) is 0 Å². The number of aromatic carboxylic acids is 1. The van der Waals surface area contributed by atoms with Gasteiger partial charge in [-0.1, -0.05) is 15.9 Å². The Bertz CT molecular complexity index is 648. The lowest BCUT2D eigenvalue weighted by molar-refractivity contribution is 0.0698. The standard InChI is InChI=1S/C12H9BrN4O3/c13-7-2-3-8(10(18)19)9(6-7)16-12(20)17-11-14-4-1-5-15-11/h1-6H,(H,18,19)(H2,14,15,16,17,20). The second-order valence-electron chi connectivity index (χ2n) is 3.65. The van der Waals surface area contributed by atoms with Gasteiger partial charge < -0.3 is 10.4 Å². The molecule has 0 saturated carbocycles. The Morgan fingerprint density at radius 3 is 2.50 bits per heavy atom. The molecule has 1 aromatic carbocycles. The van der Waals surface area contributed by atoms with Crippen molar-refractivity contribution in [2.45, 2.75) is 0 Å². The number of rotatable bonds is 3. The van der Waals surface area contributed by atoms with Gasteiger partial charge >= 0.3 is 12.0 Å². The van der Waals surface area contributed by atoms with Gasteiger partial charge in [-0.15, -0.1) is 0 Å². The van der Waals surface area contributed by atoms with E-state index in [0.29, 0.717) is 4.47 Å². The van der Waals surface area contributed by atoms with Gasteiger partial charge in [0.1, 0.15) is 0 Å². The number of carboxylic acids is 1. The maximum Gasteiger partial charge on any atom is 0.337 e. The summed E-state index contributed by atoms with van der Waals surface area (Å²) in [6.45, 7) is 0. The van der Waals surface area contributed by atoms with E-state index in [-0.39, 0.29) is 17.2 Å². The molecule has 20 heavy (non-hydrogen) atoms. The molecule has 0 atom stereocenters. The van der Waals surface area contributed by atoms with Crippen LogP contribution in [0.1, 0.15) is 10.4 Å². The van der Waals surface area contributed by atoms with Gasteiger partial charge in [0.05, 0.1) is 11.3 Å². The topological polar surface area (TPSA) is 104 Å². The van der Waals surface area contributed by atoms with Crippen molar-refractivity contribution in [3.63, 3.8) is 0 Å². The summed E-state index contributed by atoms with van der Waals surface area (Å²) in [5.41, 5.74) is 0.151. The molecule has 1 aromatic heterocycles. The number of nitrogens with one attached hydrogen (secondary N) is 2. The minimum Gasteiger partial charge on any atom is -0.478 e. The molecule has 1 heterocycles. The lowest BCUT2D eigenvalue weighted by atomic mass is 10.2. The summed E-state index contributed by atoms with van der Waals surface area (Å²) in [7, 11) is 0. The summed E-state index contributed by atoms with van der Waals surface area (Å²) in [4.78, 5) is 30.5. The molecule has 0 saturated heterocycles. The number of hydrogen-bond acceptors (Lipinski definition) is 4. The first-order chi connectivity index (χ1) is 9.56. The van der Waals surface area contributed by atoms with E-state index in [1.807, 2.05) is 0 Å². The molecule has 3 N–H and O–H groups in total. The van der Waals surface area contributed by atoms with Crippen LogP contribution in [0, 0.1) is 0 Å². The van der Waals surface area contributed by atoms with Crippen molar-refractivity contribution >= 4 is 39.6 Å². The minimum atomic E-state index is -1.14. The predicted molar refractivity (Wildman–Crippen MR) is 75.8 cm³/mol. The molecule has 0 spiro atoms. The summed E-state index contributed by atoms with van der Waals surface area (Å²) < 4.78 is 0.647. The van der Waals surface area contributed by atoms with Crippen LogP contribution in [-0.2, 0) is 0 Å². The maximum atomic E-state index is 11.8. The summed E-state index contributed by atoms with van der Waals surface area (Å²) >= 11 is 3.21. The van der Waals surface area contributed by atoms with E-state index in [9.17, 15) is 9.59 Å². The highest BCUT2D eigenvalue weighted by Crippen LogP contribution is 2.21. The molecule has 0 bridgehead atoms. The van der Waals surface area contributed by atoms with Crippen LogP contribution >= 0.6 is 15.9 Å². The van der Waals surface area contributed by atoms with Crippen molar-refractivity contribution < 1.29 is 14.7 Å². The van der Waals surface area contributed by atoms with Crippen LogP contribution < -0.4 is 10.6 Å². The zero-order chi connectivity index (χ0) is 14.5. The monoisotopic (exact) mass is 336 g/mol. The molecular weight excluding hydrogens is 328 g/mol. The van der Waals surface area contributed by atoms with Crippen molar-refractivity contribution in [2.24, 2.45) is 0 Å². The van der Waals surface area contributed by atoms with E-state index >= 15 is 0 Å². The summed E-state index contributed by atoms with van der Waals surface area (Å²) in [6.07, 6.45) is 2.95. The fourth-order valence-electron chi connectivity index (χ4n) is 1.43. The average Bonchev–Trinajstić information content (AvgIpc) is 2.39. The number of halogens is 1. The van der Waals surface area contributed by atoms with Gasteiger partial charge in [-0.05, 0) is 24.3 Å². The molecule has 8 heteroatoms. The van der Waals surface area contributed by atoms with Crippen LogP contribution in [0.25, 0.3) is 0 Å². The molecule has 102 valence electrons. The SMILES string of the molecule is O=C(Nc1ncccn1)Nc1cc(Br)ccc1C(=O)O. The number of amides is 2. The van der Waals surface area contributed by atoms with Gasteiger partial charge in [-0.3, -0.25) is 5.32 Å². The largest absolute Gasteiger partial charge is 0.478 e. The molecular formula is C12H9BrN4O3. The number of carbonyl (C=O) groups is 2. The third kappa shape index (κ3) is 3.51. The van der Waals surface area contributed by atoms with Gasteiger partial charge in [-0.2, -0.15) is 0 Å². The number of hydrogen-bond donors (Lipinski definition) is 3. The maximum absolute atomic E-state index is 11.8. The Morgan fingerprint density at radius 1 is 1.15 bits per heavy atom. The number of nitrogens with zero attached hydrogens (tertiary/aromatic N) is 2. The molecule has 2 rings (SSSR count). The Hall–Kier alpha value is -2.48. The fraction of sp³-hybridized carbons (Fsp3) is 0. The van der Waals surface area contributed by atoms with Gasteiger partial charge in [0.2, 0.25) is 5.95 Å². The normalized spacial score (nSPS) is 9.85. The van der Waals surface area contributed by atoms with Crippen molar-refractivity contribution in [2.75, 3.05) is 10.6 Å². The third-order valence-corrected chi connectivity index (χ3v) is 2.74. The van der Waals surface area contributed by atoms with E-state index < -0.39 is 12.0 Å². The summed E-state index contributed by atoms with van der Waals surface area (Å²) in [6, 6.07) is 5.44. The first-order valence-electron chi connectivity index (χ1n) is 5.44. The number of carbonyl (C=O) groups excluding carboxylic acids is 1. The van der Waals surface area contributed by atoms with E-state index in [0.717, 1.165) is 0 Å². The number of carboxylic acid groups (broad SMARTS) is 1. The van der Waals surface area contributed by atoms with Crippen LogP contribution in [0.2, 0.25) is 0 Å². The average molecular weight is 337 g/mol. The number of urea groups is 1. The van der Waals surface area contributed by atoms with Crippen LogP contribution in [0.5, 0.6) is 0 Å². The molecule has 0 fully saturated rings. The first kappa shape index (κ1) is 13.9. The summed E-state index contributed by atoms with van der Waals surface area (Å²) in [5, 5.41) is 13.9. The lowest BCUT2D eigenvalue weighted by Crippen LogP contribution is -2.22. The Kier molecular flexibility index (Phi) is 4.26. The Labute approximate surface area is 122 Å². The zero-order valence-corrected chi connectivity index (χ0v) is 11.6. The fourth-order valence-corrected chi connectivity index (χ4v) is 1.79. The highest BCUT2D eigenvalue weighted by atomic mass is 79.9. The zero-order valence-electron chi connectivity index (χ0n) is 10.0. The first-order valence-corrected chi connectivity index (χ1v) is 6.23. The third-order valence-electron chi connectivity index (χ3n) is 2.25. The molecule has 0 unspecified atom stereocenters. The molecule has 0 radical (unpaired) electrons. The van der Waals surface area contributed by atoms with Crippen molar-refractivity contribution in [3.8, 4) is 0 Å². The van der Waals surface area contributed by atoms with Crippen molar-refractivity contribution in [1.29, 1.82) is 0 Å². The summed E-state index contributed by atoms with van der Waals surface area (Å²) in [5.74, 6) is -1.01. The van der Waals surface area contributed by atoms with E-state index in [2.05, 4.69) is 36.5 Å².